The van der Waals surface area contributed by atoms with E-state index in [0.29, 0.717) is 5.39 Å². The number of rotatable bonds is 0. The summed E-state index contributed by atoms with van der Waals surface area (Å²) in [5, 5.41) is 20.2. The van der Waals surface area contributed by atoms with Crippen molar-refractivity contribution in [2.45, 2.75) is 0 Å². The normalized spacial score (nSPS) is 8.86. The summed E-state index contributed by atoms with van der Waals surface area (Å²) in [7, 11) is 0. The SMILES string of the molecule is Cl.Cl.Oc1ccc2ccccc2c1O. The maximum Gasteiger partial charge on any atom is 0.165 e. The molecule has 0 saturated carbocycles. The molecule has 0 radical (unpaired) electrons. The third-order valence-corrected chi connectivity index (χ3v) is 1.88. The summed E-state index contributed by atoms with van der Waals surface area (Å²) in [6.07, 6.45) is 0. The van der Waals surface area contributed by atoms with Crippen molar-refractivity contribution in [2.75, 3.05) is 0 Å². The standard InChI is InChI=1S/C10H8O2.2ClH/c11-9-6-5-7-3-1-2-4-8(7)10(9)12;;/h1-6,11-12H;2*1H. The average molecular weight is 233 g/mol. The van der Waals surface area contributed by atoms with Crippen LogP contribution < -0.4 is 0 Å². The van der Waals surface area contributed by atoms with E-state index in [1.165, 1.54) is 6.07 Å². The highest BCUT2D eigenvalue weighted by Crippen LogP contribution is 2.32. The molecule has 2 aromatic carbocycles. The maximum atomic E-state index is 9.41. The monoisotopic (exact) mass is 232 g/mol. The molecule has 0 bridgehead atoms. The summed E-state index contributed by atoms with van der Waals surface area (Å²) in [6, 6.07) is 10.6. The number of benzene rings is 2. The number of fused-ring (bicyclic) bond motifs is 1. The second-order valence-corrected chi connectivity index (χ2v) is 2.65. The summed E-state index contributed by atoms with van der Waals surface area (Å²) in [6.45, 7) is 0. The minimum Gasteiger partial charge on any atom is -0.504 e. The zero-order chi connectivity index (χ0) is 8.55. The molecule has 0 aliphatic rings. The van der Waals surface area contributed by atoms with Crippen molar-refractivity contribution in [3.63, 3.8) is 0 Å². The van der Waals surface area contributed by atoms with E-state index < -0.39 is 0 Å². The molecule has 0 unspecified atom stereocenters. The number of hydrogen-bond acceptors (Lipinski definition) is 2. The smallest absolute Gasteiger partial charge is 0.165 e. The fourth-order valence-corrected chi connectivity index (χ4v) is 1.24. The van der Waals surface area contributed by atoms with Gasteiger partial charge < -0.3 is 10.2 Å². The minimum atomic E-state index is -0.0753. The van der Waals surface area contributed by atoms with Crippen molar-refractivity contribution in [3.8, 4) is 11.5 Å². The first-order valence-corrected chi connectivity index (χ1v) is 3.69. The molecule has 0 fully saturated rings. The molecule has 0 spiro atoms. The quantitative estimate of drug-likeness (QED) is 0.686. The molecule has 2 aromatic rings. The van der Waals surface area contributed by atoms with Gasteiger partial charge in [0.25, 0.3) is 0 Å². The van der Waals surface area contributed by atoms with Crippen molar-refractivity contribution < 1.29 is 10.2 Å². The second kappa shape index (κ2) is 4.94. The first-order valence-electron chi connectivity index (χ1n) is 3.69. The Morgan fingerprint density at radius 2 is 1.43 bits per heavy atom. The molecule has 4 heteroatoms. The van der Waals surface area contributed by atoms with Gasteiger partial charge in [-0.2, -0.15) is 0 Å². The lowest BCUT2D eigenvalue weighted by molar-refractivity contribution is 0.408. The maximum absolute atomic E-state index is 9.41. The summed E-state index contributed by atoms with van der Waals surface area (Å²) in [5.74, 6) is -0.123. The number of phenols is 2. The van der Waals surface area contributed by atoms with Gasteiger partial charge in [-0.25, -0.2) is 0 Å². The van der Waals surface area contributed by atoms with Crippen molar-refractivity contribution in [2.24, 2.45) is 0 Å². The molecule has 0 heterocycles. The Kier molecular flexibility index (Phi) is 4.54. The number of hydrogen-bond donors (Lipinski definition) is 2. The zero-order valence-electron chi connectivity index (χ0n) is 7.18. The van der Waals surface area contributed by atoms with Crippen molar-refractivity contribution in [1.82, 2.24) is 0 Å². The van der Waals surface area contributed by atoms with Crippen LogP contribution in [0.5, 0.6) is 11.5 Å². The molecule has 0 aliphatic heterocycles. The van der Waals surface area contributed by atoms with Crippen LogP contribution in [-0.4, -0.2) is 10.2 Å². The van der Waals surface area contributed by atoms with Crippen LogP contribution in [-0.2, 0) is 0 Å². The van der Waals surface area contributed by atoms with Crippen molar-refractivity contribution >= 4 is 35.6 Å². The van der Waals surface area contributed by atoms with Gasteiger partial charge in [-0.15, -0.1) is 24.8 Å². The van der Waals surface area contributed by atoms with E-state index in [1.54, 1.807) is 12.1 Å². The summed E-state index contributed by atoms with van der Waals surface area (Å²) < 4.78 is 0. The van der Waals surface area contributed by atoms with Gasteiger partial charge in [0, 0.05) is 5.39 Å². The van der Waals surface area contributed by atoms with Crippen molar-refractivity contribution in [1.29, 1.82) is 0 Å². The molecule has 2 nitrogen and oxygen atoms in total. The van der Waals surface area contributed by atoms with E-state index in [9.17, 15) is 5.11 Å². The molecule has 2 N–H and O–H groups in total. The van der Waals surface area contributed by atoms with E-state index in [-0.39, 0.29) is 36.3 Å². The van der Waals surface area contributed by atoms with Gasteiger partial charge >= 0.3 is 0 Å². The largest absolute Gasteiger partial charge is 0.504 e. The molecular formula is C10H10Cl2O2. The summed E-state index contributed by atoms with van der Waals surface area (Å²) in [5.41, 5.74) is 0. The minimum absolute atomic E-state index is 0. The Hall–Kier alpha value is -1.12. The molecule has 14 heavy (non-hydrogen) atoms. The number of halogens is 2. The third-order valence-electron chi connectivity index (χ3n) is 1.88. The third kappa shape index (κ3) is 2.03. The molecule has 76 valence electrons. The van der Waals surface area contributed by atoms with Crippen LogP contribution in [0.4, 0.5) is 0 Å². The lowest BCUT2D eigenvalue weighted by Crippen LogP contribution is -1.73. The molecule has 2 rings (SSSR count). The topological polar surface area (TPSA) is 40.5 Å². The number of phenolic OH excluding ortho intramolecular Hbond substituents is 2. The molecule has 0 saturated heterocycles. The van der Waals surface area contributed by atoms with Gasteiger partial charge in [-0.05, 0) is 11.5 Å². The van der Waals surface area contributed by atoms with Crippen LogP contribution in [0.3, 0.4) is 0 Å². The van der Waals surface area contributed by atoms with E-state index in [1.807, 2.05) is 18.2 Å². The van der Waals surface area contributed by atoms with E-state index in [0.717, 1.165) is 5.39 Å². The van der Waals surface area contributed by atoms with Crippen LogP contribution in [0.1, 0.15) is 0 Å². The second-order valence-electron chi connectivity index (χ2n) is 2.65. The van der Waals surface area contributed by atoms with E-state index in [2.05, 4.69) is 0 Å². The van der Waals surface area contributed by atoms with Crippen LogP contribution >= 0.6 is 24.8 Å². The highest BCUT2D eigenvalue weighted by Gasteiger charge is 2.02. The van der Waals surface area contributed by atoms with Gasteiger partial charge in [0.15, 0.2) is 11.5 Å². The molecular weight excluding hydrogens is 223 g/mol. The first-order chi connectivity index (χ1) is 5.79. The predicted octanol–water partition coefficient (Wildman–Crippen LogP) is 3.09. The summed E-state index contributed by atoms with van der Waals surface area (Å²) >= 11 is 0. The van der Waals surface area contributed by atoms with Crippen molar-refractivity contribution in [3.05, 3.63) is 36.4 Å². The Balaban J connectivity index is 0.000000845. The predicted molar refractivity (Wildman–Crippen MR) is 61.8 cm³/mol. The van der Waals surface area contributed by atoms with Crippen LogP contribution in [0, 0.1) is 0 Å². The molecule has 0 amide bonds. The Bertz CT molecular complexity index is 429. The molecule has 0 aromatic heterocycles. The Labute approximate surface area is 94.0 Å². The summed E-state index contributed by atoms with van der Waals surface area (Å²) in [4.78, 5) is 0. The zero-order valence-corrected chi connectivity index (χ0v) is 8.81. The number of aromatic hydroxyl groups is 2. The lowest BCUT2D eigenvalue weighted by Gasteiger charge is -2.01. The Morgan fingerprint density at radius 3 is 2.14 bits per heavy atom. The average Bonchev–Trinajstić information content (AvgIpc) is 2.12. The first kappa shape index (κ1) is 12.9. The Morgan fingerprint density at radius 1 is 0.786 bits per heavy atom. The highest BCUT2D eigenvalue weighted by atomic mass is 35.5. The molecule has 0 aliphatic carbocycles. The van der Waals surface area contributed by atoms with Crippen LogP contribution in [0.2, 0.25) is 0 Å². The molecule has 0 atom stereocenters. The fourth-order valence-electron chi connectivity index (χ4n) is 1.24. The highest BCUT2D eigenvalue weighted by molar-refractivity contribution is 5.90. The van der Waals surface area contributed by atoms with Crippen LogP contribution in [0.15, 0.2) is 36.4 Å². The van der Waals surface area contributed by atoms with Gasteiger partial charge in [0.2, 0.25) is 0 Å². The van der Waals surface area contributed by atoms with E-state index >= 15 is 0 Å². The van der Waals surface area contributed by atoms with Crippen LogP contribution in [0.25, 0.3) is 10.8 Å². The van der Waals surface area contributed by atoms with Gasteiger partial charge in [-0.3, -0.25) is 0 Å². The van der Waals surface area contributed by atoms with E-state index in [4.69, 9.17) is 5.11 Å². The van der Waals surface area contributed by atoms with Gasteiger partial charge in [-0.1, -0.05) is 30.3 Å². The van der Waals surface area contributed by atoms with Gasteiger partial charge in [0.05, 0.1) is 0 Å². The lowest BCUT2D eigenvalue weighted by atomic mass is 10.1. The van der Waals surface area contributed by atoms with Gasteiger partial charge in [0.1, 0.15) is 0 Å². The fraction of sp³-hybridized carbons (Fsp3) is 0.